The average molecular weight is 302 g/mol. The molecule has 0 aliphatic heterocycles. The van der Waals surface area contributed by atoms with Crippen LogP contribution in [-0.4, -0.2) is 40.5 Å². The molecular formula is C17H22N2O3. The summed E-state index contributed by atoms with van der Waals surface area (Å²) in [5, 5.41) is 10.1. The fraction of sp³-hybridized carbons (Fsp3) is 0.412. The molecule has 1 heterocycles. The van der Waals surface area contributed by atoms with Crippen molar-refractivity contribution in [3.8, 4) is 0 Å². The van der Waals surface area contributed by atoms with Gasteiger partial charge in [-0.25, -0.2) is 0 Å². The quantitative estimate of drug-likeness (QED) is 0.826. The first-order chi connectivity index (χ1) is 10.5. The van der Waals surface area contributed by atoms with E-state index in [2.05, 4.69) is 11.1 Å². The monoisotopic (exact) mass is 302 g/mol. The highest BCUT2D eigenvalue weighted by Crippen LogP contribution is 2.19. The van der Waals surface area contributed by atoms with Crippen molar-refractivity contribution in [1.29, 1.82) is 0 Å². The molecule has 2 N–H and O–H groups in total. The largest absolute Gasteiger partial charge is 0.481 e. The van der Waals surface area contributed by atoms with E-state index in [9.17, 15) is 9.59 Å². The molecule has 0 saturated heterocycles. The Balaban J connectivity index is 1.83. The Kier molecular flexibility index (Phi) is 5.20. The Morgan fingerprint density at radius 1 is 1.32 bits per heavy atom. The maximum atomic E-state index is 12.0. The number of carboxylic acids is 1. The van der Waals surface area contributed by atoms with Gasteiger partial charge in [0.15, 0.2) is 0 Å². The predicted octanol–water partition coefficient (Wildman–Crippen LogP) is 2.67. The third kappa shape index (κ3) is 3.87. The Hall–Kier alpha value is -2.30. The first-order valence-corrected chi connectivity index (χ1v) is 7.50. The number of rotatable bonds is 7. The number of para-hydroxylation sites is 1. The highest BCUT2D eigenvalue weighted by Gasteiger charge is 2.17. The van der Waals surface area contributed by atoms with E-state index >= 15 is 0 Å². The molecule has 1 atom stereocenters. The molecule has 2 rings (SSSR count). The number of aliphatic carboxylic acids is 1. The number of fused-ring (bicyclic) bond motifs is 1. The Bertz CT molecular complexity index is 663. The second-order valence-electron chi connectivity index (χ2n) is 5.73. The maximum absolute atomic E-state index is 12.0. The van der Waals surface area contributed by atoms with Gasteiger partial charge in [0.1, 0.15) is 0 Å². The van der Waals surface area contributed by atoms with Crippen LogP contribution in [0.3, 0.4) is 0 Å². The van der Waals surface area contributed by atoms with Crippen LogP contribution in [0.5, 0.6) is 0 Å². The lowest BCUT2D eigenvalue weighted by molar-refractivity contribution is -0.142. The van der Waals surface area contributed by atoms with Crippen molar-refractivity contribution in [3.63, 3.8) is 0 Å². The summed E-state index contributed by atoms with van der Waals surface area (Å²) in [7, 11) is 1.66. The van der Waals surface area contributed by atoms with Crippen LogP contribution < -0.4 is 0 Å². The molecule has 5 heteroatoms. The smallest absolute Gasteiger partial charge is 0.308 e. The Labute approximate surface area is 129 Å². The molecule has 1 amide bonds. The number of benzene rings is 1. The van der Waals surface area contributed by atoms with Crippen molar-refractivity contribution in [2.24, 2.45) is 5.92 Å². The Morgan fingerprint density at radius 3 is 2.77 bits per heavy atom. The number of carbonyl (C=O) groups excluding carboxylic acids is 1. The molecule has 0 bridgehead atoms. The van der Waals surface area contributed by atoms with Gasteiger partial charge in [0.05, 0.1) is 5.92 Å². The predicted molar refractivity (Wildman–Crippen MR) is 85.7 cm³/mol. The number of amides is 1. The highest BCUT2D eigenvalue weighted by molar-refractivity contribution is 5.83. The molecule has 1 aromatic carbocycles. The van der Waals surface area contributed by atoms with Crippen LogP contribution in [0.4, 0.5) is 0 Å². The highest BCUT2D eigenvalue weighted by atomic mass is 16.4. The van der Waals surface area contributed by atoms with Crippen molar-refractivity contribution in [2.45, 2.75) is 26.2 Å². The Morgan fingerprint density at radius 2 is 2.05 bits per heavy atom. The number of carbonyl (C=O) groups is 2. The molecule has 0 fully saturated rings. The summed E-state index contributed by atoms with van der Waals surface area (Å²) >= 11 is 0. The third-order valence-corrected chi connectivity index (χ3v) is 3.91. The lowest BCUT2D eigenvalue weighted by atomic mass is 10.1. The van der Waals surface area contributed by atoms with E-state index in [1.807, 2.05) is 24.4 Å². The summed E-state index contributed by atoms with van der Waals surface area (Å²) in [6.07, 6.45) is 4.01. The van der Waals surface area contributed by atoms with Crippen molar-refractivity contribution in [2.75, 3.05) is 13.6 Å². The zero-order valence-electron chi connectivity index (χ0n) is 13.0. The number of carboxylic acid groups (broad SMARTS) is 1. The number of aromatic nitrogens is 1. The van der Waals surface area contributed by atoms with Crippen LogP contribution in [-0.2, 0) is 16.0 Å². The van der Waals surface area contributed by atoms with Crippen molar-refractivity contribution < 1.29 is 14.7 Å². The molecule has 2 aromatic rings. The van der Waals surface area contributed by atoms with Crippen LogP contribution in [0, 0.1) is 5.92 Å². The summed E-state index contributed by atoms with van der Waals surface area (Å²) in [5.41, 5.74) is 2.32. The molecular weight excluding hydrogens is 280 g/mol. The van der Waals surface area contributed by atoms with Gasteiger partial charge in [-0.3, -0.25) is 9.59 Å². The molecule has 0 aliphatic carbocycles. The first kappa shape index (κ1) is 16.1. The molecule has 1 aromatic heterocycles. The van der Waals surface area contributed by atoms with Crippen LogP contribution in [0.2, 0.25) is 0 Å². The molecule has 22 heavy (non-hydrogen) atoms. The summed E-state index contributed by atoms with van der Waals surface area (Å²) in [6.45, 7) is 1.86. The van der Waals surface area contributed by atoms with Gasteiger partial charge in [-0.1, -0.05) is 25.1 Å². The van der Waals surface area contributed by atoms with Gasteiger partial charge >= 0.3 is 5.97 Å². The zero-order valence-corrected chi connectivity index (χ0v) is 13.0. The second kappa shape index (κ2) is 7.11. The molecule has 1 unspecified atom stereocenters. The fourth-order valence-corrected chi connectivity index (χ4v) is 2.55. The number of aryl methyl sites for hydroxylation is 1. The topological polar surface area (TPSA) is 73.4 Å². The molecule has 5 nitrogen and oxygen atoms in total. The van der Waals surface area contributed by atoms with Crippen LogP contribution >= 0.6 is 0 Å². The molecule has 0 saturated carbocycles. The lowest BCUT2D eigenvalue weighted by Crippen LogP contribution is -2.33. The van der Waals surface area contributed by atoms with Gasteiger partial charge in [-0.15, -0.1) is 0 Å². The summed E-state index contributed by atoms with van der Waals surface area (Å²) in [4.78, 5) is 27.6. The fourth-order valence-electron chi connectivity index (χ4n) is 2.55. The van der Waals surface area contributed by atoms with Gasteiger partial charge in [0.25, 0.3) is 0 Å². The van der Waals surface area contributed by atoms with E-state index in [4.69, 9.17) is 5.11 Å². The van der Waals surface area contributed by atoms with E-state index in [1.165, 1.54) is 15.8 Å². The van der Waals surface area contributed by atoms with E-state index in [1.54, 1.807) is 14.0 Å². The molecule has 0 aliphatic rings. The number of hydrogen-bond acceptors (Lipinski definition) is 2. The lowest BCUT2D eigenvalue weighted by Gasteiger charge is -2.19. The normalized spacial score (nSPS) is 12.3. The molecule has 0 radical (unpaired) electrons. The van der Waals surface area contributed by atoms with Gasteiger partial charge < -0.3 is 15.0 Å². The summed E-state index contributed by atoms with van der Waals surface area (Å²) in [5.74, 6) is -1.42. The van der Waals surface area contributed by atoms with Gasteiger partial charge in [0.2, 0.25) is 5.91 Å². The van der Waals surface area contributed by atoms with Gasteiger partial charge in [-0.05, 0) is 24.5 Å². The minimum Gasteiger partial charge on any atom is -0.481 e. The maximum Gasteiger partial charge on any atom is 0.308 e. The zero-order chi connectivity index (χ0) is 16.1. The van der Waals surface area contributed by atoms with Crippen LogP contribution in [0.25, 0.3) is 10.9 Å². The molecule has 118 valence electrons. The van der Waals surface area contributed by atoms with E-state index in [0.717, 1.165) is 18.4 Å². The second-order valence-corrected chi connectivity index (χ2v) is 5.73. The van der Waals surface area contributed by atoms with E-state index in [0.29, 0.717) is 6.42 Å². The number of aromatic amines is 1. The van der Waals surface area contributed by atoms with Crippen molar-refractivity contribution in [3.05, 3.63) is 36.0 Å². The molecule has 0 spiro atoms. The number of H-pyrrole nitrogens is 1. The first-order valence-electron chi connectivity index (χ1n) is 7.50. The number of hydrogen-bond donors (Lipinski definition) is 2. The third-order valence-electron chi connectivity index (χ3n) is 3.91. The minimum absolute atomic E-state index is 0.00654. The van der Waals surface area contributed by atoms with Crippen LogP contribution in [0.15, 0.2) is 30.5 Å². The summed E-state index contributed by atoms with van der Waals surface area (Å²) in [6, 6.07) is 8.10. The van der Waals surface area contributed by atoms with Gasteiger partial charge in [0, 0.05) is 37.1 Å². The minimum atomic E-state index is -0.876. The van der Waals surface area contributed by atoms with Crippen LogP contribution in [0.1, 0.15) is 25.3 Å². The van der Waals surface area contributed by atoms with Crippen molar-refractivity contribution in [1.82, 2.24) is 9.88 Å². The average Bonchev–Trinajstić information content (AvgIpc) is 2.90. The SMILES string of the molecule is CC(CN(C)C(=O)CCCc1c[nH]c2ccccc12)C(=O)O. The summed E-state index contributed by atoms with van der Waals surface area (Å²) < 4.78 is 0. The van der Waals surface area contributed by atoms with Crippen molar-refractivity contribution >= 4 is 22.8 Å². The van der Waals surface area contributed by atoms with Gasteiger partial charge in [-0.2, -0.15) is 0 Å². The van der Waals surface area contributed by atoms with E-state index in [-0.39, 0.29) is 12.5 Å². The standard InChI is InChI=1S/C17H22N2O3/c1-12(17(21)22)11-19(2)16(20)9-5-6-13-10-18-15-8-4-3-7-14(13)15/h3-4,7-8,10,12,18H,5-6,9,11H2,1-2H3,(H,21,22). The van der Waals surface area contributed by atoms with E-state index < -0.39 is 11.9 Å². The number of nitrogens with zero attached hydrogens (tertiary/aromatic N) is 1. The number of nitrogens with one attached hydrogen (secondary N) is 1.